The summed E-state index contributed by atoms with van der Waals surface area (Å²) in [6, 6.07) is 9.45. The van der Waals surface area contributed by atoms with Crippen molar-refractivity contribution in [1.29, 1.82) is 0 Å². The van der Waals surface area contributed by atoms with Crippen LogP contribution in [-0.2, 0) is 11.3 Å². The lowest BCUT2D eigenvalue weighted by Crippen LogP contribution is -2.68. The van der Waals surface area contributed by atoms with Crippen molar-refractivity contribution < 1.29 is 30.0 Å². The number of rotatable bonds is 6. The van der Waals surface area contributed by atoms with Crippen LogP contribution < -0.4 is 5.32 Å². The molecule has 1 unspecified atom stereocenters. The Hall–Kier alpha value is -1.93. The highest BCUT2D eigenvalue weighted by molar-refractivity contribution is 5.67. The van der Waals surface area contributed by atoms with Crippen LogP contribution in [0.25, 0.3) is 0 Å². The number of hydrogen-bond donors (Lipinski definition) is 5. The van der Waals surface area contributed by atoms with Gasteiger partial charge in [0.25, 0.3) is 0 Å². The molecule has 3 aliphatic carbocycles. The molecule has 7 heteroatoms. The van der Waals surface area contributed by atoms with E-state index in [9.17, 15) is 25.2 Å². The molecule has 3 aliphatic rings. The van der Waals surface area contributed by atoms with Crippen LogP contribution in [0.4, 0.5) is 4.79 Å². The summed E-state index contributed by atoms with van der Waals surface area (Å²) in [5, 5.41) is 49.2. The number of hydrogen-bond acceptors (Lipinski definition) is 6. The maximum absolute atomic E-state index is 12.4. The average molecular weight is 488 g/mol. The van der Waals surface area contributed by atoms with Crippen molar-refractivity contribution in [2.45, 2.75) is 77.9 Å². The van der Waals surface area contributed by atoms with Gasteiger partial charge >= 0.3 is 6.09 Å². The number of carbonyl (C=O) groups excluding carboxylic acids is 1. The summed E-state index contributed by atoms with van der Waals surface area (Å²) < 4.78 is 5.46. The predicted molar refractivity (Wildman–Crippen MR) is 132 cm³/mol. The molecule has 7 nitrogen and oxygen atoms in total. The van der Waals surface area contributed by atoms with Crippen LogP contribution >= 0.6 is 0 Å². The molecule has 35 heavy (non-hydrogen) atoms. The molecule has 1 amide bonds. The van der Waals surface area contributed by atoms with Gasteiger partial charge in [-0.05, 0) is 47.1 Å². The predicted octanol–water partition coefficient (Wildman–Crippen LogP) is 3.01. The molecule has 2 saturated carbocycles. The topological polar surface area (TPSA) is 119 Å². The average Bonchev–Trinajstić information content (AvgIpc) is 3.42. The maximum Gasteiger partial charge on any atom is 0.407 e. The largest absolute Gasteiger partial charge is 0.445 e. The van der Waals surface area contributed by atoms with Gasteiger partial charge in [0.05, 0.1) is 12.2 Å². The van der Waals surface area contributed by atoms with E-state index in [4.69, 9.17) is 4.74 Å². The van der Waals surface area contributed by atoms with Gasteiger partial charge in [0, 0.05) is 17.9 Å². The first-order valence-corrected chi connectivity index (χ1v) is 12.8. The molecule has 1 aromatic rings. The van der Waals surface area contributed by atoms with E-state index in [1.54, 1.807) is 13.8 Å². The van der Waals surface area contributed by atoms with Crippen molar-refractivity contribution in [3.63, 3.8) is 0 Å². The fourth-order valence-electron chi connectivity index (χ4n) is 7.21. The van der Waals surface area contributed by atoms with Crippen LogP contribution in [0.1, 0.15) is 53.0 Å². The molecule has 5 N–H and O–H groups in total. The van der Waals surface area contributed by atoms with Gasteiger partial charge in [0.15, 0.2) is 0 Å². The summed E-state index contributed by atoms with van der Waals surface area (Å²) in [4.78, 5) is 12.4. The van der Waals surface area contributed by atoms with Gasteiger partial charge in [0.2, 0.25) is 0 Å². The Bertz CT molecular complexity index is 963. The number of aliphatic hydroxyl groups excluding tert-OH is 3. The summed E-state index contributed by atoms with van der Waals surface area (Å²) in [5.41, 5.74) is -1.91. The third-order valence-electron chi connectivity index (χ3n) is 9.75. The molecule has 0 aliphatic heterocycles. The lowest BCUT2D eigenvalue weighted by atomic mass is 9.56. The lowest BCUT2D eigenvalue weighted by Gasteiger charge is -2.55. The van der Waals surface area contributed by atoms with Gasteiger partial charge in [-0.25, -0.2) is 4.79 Å². The van der Waals surface area contributed by atoms with E-state index in [0.29, 0.717) is 18.0 Å². The zero-order valence-electron chi connectivity index (χ0n) is 21.4. The fourth-order valence-corrected chi connectivity index (χ4v) is 7.21. The number of alkyl carbamates (subject to hydrolysis) is 1. The van der Waals surface area contributed by atoms with Crippen LogP contribution in [0.3, 0.4) is 0 Å². The van der Waals surface area contributed by atoms with Crippen molar-refractivity contribution >= 4 is 6.09 Å². The second kappa shape index (κ2) is 9.18. The molecule has 9 atom stereocenters. The minimum Gasteiger partial charge on any atom is -0.445 e. The molecule has 4 rings (SSSR count). The zero-order chi connectivity index (χ0) is 25.8. The molecule has 0 radical (unpaired) electrons. The quantitative estimate of drug-likeness (QED) is 0.394. The summed E-state index contributed by atoms with van der Waals surface area (Å²) in [7, 11) is 0. The second-order valence-electron chi connectivity index (χ2n) is 11.7. The van der Waals surface area contributed by atoms with E-state index in [2.05, 4.69) is 19.2 Å². The Morgan fingerprint density at radius 2 is 1.86 bits per heavy atom. The number of benzene rings is 1. The molecule has 2 fully saturated rings. The van der Waals surface area contributed by atoms with Crippen molar-refractivity contribution in [1.82, 2.24) is 5.32 Å². The van der Waals surface area contributed by atoms with Crippen molar-refractivity contribution in [3.05, 3.63) is 47.5 Å². The Labute approximate surface area is 208 Å². The highest BCUT2D eigenvalue weighted by Crippen LogP contribution is 2.71. The van der Waals surface area contributed by atoms with Gasteiger partial charge in [-0.1, -0.05) is 71.0 Å². The number of amides is 1. The number of nitrogens with one attached hydrogen (secondary N) is 1. The first-order chi connectivity index (χ1) is 16.4. The normalized spacial score (nSPS) is 40.4. The number of ether oxygens (including phenoxy) is 1. The van der Waals surface area contributed by atoms with E-state index < -0.39 is 35.4 Å². The van der Waals surface area contributed by atoms with Crippen LogP contribution in [0.5, 0.6) is 0 Å². The van der Waals surface area contributed by atoms with Crippen LogP contribution in [0.15, 0.2) is 42.0 Å². The Balaban J connectivity index is 1.63. The van der Waals surface area contributed by atoms with Gasteiger partial charge in [-0.3, -0.25) is 0 Å². The first-order valence-electron chi connectivity index (χ1n) is 12.8. The molecule has 0 aromatic heterocycles. The highest BCUT2D eigenvalue weighted by Gasteiger charge is 2.72. The summed E-state index contributed by atoms with van der Waals surface area (Å²) in [6.45, 7) is 9.97. The second-order valence-corrected chi connectivity index (χ2v) is 11.7. The van der Waals surface area contributed by atoms with Gasteiger partial charge < -0.3 is 30.5 Å². The summed E-state index contributed by atoms with van der Waals surface area (Å²) in [5.74, 6) is 0.0611. The van der Waals surface area contributed by atoms with Crippen molar-refractivity contribution in [2.24, 2.45) is 34.5 Å². The lowest BCUT2D eigenvalue weighted by molar-refractivity contribution is -0.247. The minimum absolute atomic E-state index is 0.0214. The van der Waals surface area contributed by atoms with Crippen LogP contribution in [-0.4, -0.2) is 57.0 Å². The van der Waals surface area contributed by atoms with E-state index in [-0.39, 0.29) is 36.2 Å². The number of aliphatic hydroxyl groups is 4. The van der Waals surface area contributed by atoms with E-state index in [1.165, 1.54) is 0 Å². The summed E-state index contributed by atoms with van der Waals surface area (Å²) in [6.07, 6.45) is -1.56. The van der Waals surface area contributed by atoms with Gasteiger partial charge in [-0.2, -0.15) is 0 Å². The maximum atomic E-state index is 12.4. The smallest absolute Gasteiger partial charge is 0.407 e. The third kappa shape index (κ3) is 4.01. The first kappa shape index (κ1) is 26.1. The molecule has 0 heterocycles. The molecule has 2 bridgehead atoms. The summed E-state index contributed by atoms with van der Waals surface area (Å²) >= 11 is 0. The Kier molecular flexibility index (Phi) is 6.86. The van der Waals surface area contributed by atoms with Gasteiger partial charge in [0.1, 0.15) is 18.3 Å². The number of carbonyl (C=O) groups is 1. The molecule has 0 spiro atoms. The molecular weight excluding hydrogens is 446 g/mol. The molecule has 0 saturated heterocycles. The third-order valence-corrected chi connectivity index (χ3v) is 9.75. The Morgan fingerprint density at radius 3 is 2.49 bits per heavy atom. The van der Waals surface area contributed by atoms with E-state index in [1.807, 2.05) is 43.3 Å². The fraction of sp³-hybridized carbons (Fsp3) is 0.679. The SMILES string of the molecule is CC[C@H](O)[C@@]1(O)[C@H](O)C(COC(=O)NCc2ccccc2)=C[C@@H]2C(O)[C@]1(C)[C@H](C)C[C@@H]1[C@H]2C1(C)C. The molecule has 194 valence electrons. The van der Waals surface area contributed by atoms with Crippen LogP contribution in [0, 0.1) is 34.5 Å². The monoisotopic (exact) mass is 487 g/mol. The highest BCUT2D eigenvalue weighted by atomic mass is 16.5. The van der Waals surface area contributed by atoms with Gasteiger partial charge in [-0.15, -0.1) is 0 Å². The van der Waals surface area contributed by atoms with E-state index >= 15 is 0 Å². The minimum atomic E-state index is -2.01. The molecular formula is C28H41NO6. The van der Waals surface area contributed by atoms with Crippen LogP contribution in [0.2, 0.25) is 0 Å². The Morgan fingerprint density at radius 1 is 1.20 bits per heavy atom. The standard InChI is InChI=1S/C28H41NO6/c1-6-21(30)28(34)23(31)18(15-35-25(33)29-14-17-10-8-7-9-11-17)13-19-22-20(26(22,3)4)12-16(2)27(28,5)24(19)32/h7-11,13,16,19-24,30-32,34H,6,12,14-15H2,1-5H3,(H,29,33)/t16-,19+,20-,21+,22+,23-,24?,27+,28-/m1/s1. The molecule has 1 aromatic carbocycles. The number of fused-ring (bicyclic) bond motifs is 4. The van der Waals surface area contributed by atoms with Crippen molar-refractivity contribution in [2.75, 3.05) is 6.61 Å². The van der Waals surface area contributed by atoms with E-state index in [0.717, 1.165) is 12.0 Å². The zero-order valence-corrected chi connectivity index (χ0v) is 21.4. The van der Waals surface area contributed by atoms with Crippen molar-refractivity contribution in [3.8, 4) is 0 Å².